The lowest BCUT2D eigenvalue weighted by Crippen LogP contribution is -2.31. The van der Waals surface area contributed by atoms with E-state index in [-0.39, 0.29) is 0 Å². The maximum Gasteiger partial charge on any atom is 0.489 e. The molecule has 0 radical (unpaired) electrons. The molecule has 28 heavy (non-hydrogen) atoms. The van der Waals surface area contributed by atoms with Crippen LogP contribution in [0.1, 0.15) is 0 Å². The Morgan fingerprint density at radius 1 is 0.571 bits per heavy atom. The first-order valence-electron chi connectivity index (χ1n) is 9.18. The summed E-state index contributed by atoms with van der Waals surface area (Å²) in [6.07, 6.45) is 0. The van der Waals surface area contributed by atoms with Gasteiger partial charge in [-0.25, -0.2) is 0 Å². The minimum absolute atomic E-state index is 0.486. The summed E-state index contributed by atoms with van der Waals surface area (Å²) in [5, 5.41) is 21.8. The second-order valence-electron chi connectivity index (χ2n) is 6.85. The van der Waals surface area contributed by atoms with Gasteiger partial charge in [-0.05, 0) is 52.0 Å². The molecule has 0 bridgehead atoms. The first-order chi connectivity index (χ1) is 13.7. The number of furan rings is 1. The third-order valence-electron chi connectivity index (χ3n) is 5.13. The smallest absolute Gasteiger partial charge is 0.456 e. The first-order valence-corrected chi connectivity index (χ1v) is 9.18. The molecule has 134 valence electrons. The van der Waals surface area contributed by atoms with Gasteiger partial charge < -0.3 is 14.5 Å². The molecule has 1 heterocycles. The van der Waals surface area contributed by atoms with Crippen molar-refractivity contribution in [2.24, 2.45) is 0 Å². The molecule has 5 aromatic rings. The molecule has 2 N–H and O–H groups in total. The SMILES string of the molecule is OB(O)c1ccc(-c2ccc3c(c2)oc2ccccc23)cc1-c1ccccc1. The van der Waals surface area contributed by atoms with Crippen LogP contribution in [0.5, 0.6) is 0 Å². The van der Waals surface area contributed by atoms with Crippen molar-refractivity contribution in [3.05, 3.63) is 91.0 Å². The van der Waals surface area contributed by atoms with Gasteiger partial charge in [0.15, 0.2) is 0 Å². The van der Waals surface area contributed by atoms with Crippen molar-refractivity contribution in [1.29, 1.82) is 0 Å². The topological polar surface area (TPSA) is 53.6 Å². The minimum Gasteiger partial charge on any atom is -0.456 e. The van der Waals surface area contributed by atoms with Crippen LogP contribution in [-0.4, -0.2) is 17.2 Å². The van der Waals surface area contributed by atoms with Crippen LogP contribution in [0.25, 0.3) is 44.2 Å². The highest BCUT2D eigenvalue weighted by atomic mass is 16.4. The minimum atomic E-state index is -1.53. The second-order valence-corrected chi connectivity index (χ2v) is 6.85. The Balaban J connectivity index is 1.67. The number of hydrogen-bond donors (Lipinski definition) is 2. The van der Waals surface area contributed by atoms with Crippen LogP contribution in [0.15, 0.2) is 95.4 Å². The van der Waals surface area contributed by atoms with Gasteiger partial charge in [-0.15, -0.1) is 0 Å². The van der Waals surface area contributed by atoms with Gasteiger partial charge >= 0.3 is 7.12 Å². The Labute approximate surface area is 162 Å². The van der Waals surface area contributed by atoms with E-state index in [9.17, 15) is 10.0 Å². The molecule has 1 aromatic heterocycles. The largest absolute Gasteiger partial charge is 0.489 e. The van der Waals surface area contributed by atoms with Gasteiger partial charge in [-0.3, -0.25) is 0 Å². The lowest BCUT2D eigenvalue weighted by molar-refractivity contribution is 0.426. The molecule has 4 aromatic carbocycles. The van der Waals surface area contributed by atoms with E-state index in [1.54, 1.807) is 6.07 Å². The van der Waals surface area contributed by atoms with Crippen LogP contribution in [0.3, 0.4) is 0 Å². The summed E-state index contributed by atoms with van der Waals surface area (Å²) in [4.78, 5) is 0. The first kappa shape index (κ1) is 16.8. The molecule has 3 nitrogen and oxygen atoms in total. The number of rotatable bonds is 3. The van der Waals surface area contributed by atoms with Crippen molar-refractivity contribution in [2.45, 2.75) is 0 Å². The van der Waals surface area contributed by atoms with Crippen LogP contribution in [0.2, 0.25) is 0 Å². The number of fused-ring (bicyclic) bond motifs is 3. The predicted octanol–water partition coefficient (Wildman–Crippen LogP) is 4.60. The number of benzene rings is 4. The Morgan fingerprint density at radius 3 is 2.07 bits per heavy atom. The standard InChI is InChI=1S/C24H17BO3/c26-25(27)22-13-11-17(14-21(22)16-6-2-1-3-7-16)18-10-12-20-19-8-4-5-9-23(19)28-24(20)15-18/h1-15,26-27H. The maximum absolute atomic E-state index is 9.79. The Morgan fingerprint density at radius 2 is 1.25 bits per heavy atom. The van der Waals surface area contributed by atoms with E-state index in [2.05, 4.69) is 18.2 Å². The molecular weight excluding hydrogens is 347 g/mol. The van der Waals surface area contributed by atoms with Gasteiger partial charge in [0.05, 0.1) is 0 Å². The predicted molar refractivity (Wildman–Crippen MR) is 114 cm³/mol. The molecule has 0 fully saturated rings. The van der Waals surface area contributed by atoms with E-state index >= 15 is 0 Å². The normalized spacial score (nSPS) is 11.2. The van der Waals surface area contributed by atoms with Crippen LogP contribution < -0.4 is 5.46 Å². The lowest BCUT2D eigenvalue weighted by atomic mass is 9.74. The molecule has 4 heteroatoms. The van der Waals surface area contributed by atoms with E-state index in [0.717, 1.165) is 44.2 Å². The molecule has 0 saturated heterocycles. The van der Waals surface area contributed by atoms with E-state index in [1.165, 1.54) is 0 Å². The molecule has 0 unspecified atom stereocenters. The van der Waals surface area contributed by atoms with Gasteiger partial charge in [0.25, 0.3) is 0 Å². The van der Waals surface area contributed by atoms with Crippen molar-refractivity contribution < 1.29 is 14.5 Å². The highest BCUT2D eigenvalue weighted by Crippen LogP contribution is 2.33. The average Bonchev–Trinajstić information content (AvgIpc) is 3.11. The van der Waals surface area contributed by atoms with Crippen LogP contribution in [0, 0.1) is 0 Å². The monoisotopic (exact) mass is 364 g/mol. The molecule has 0 atom stereocenters. The zero-order valence-electron chi connectivity index (χ0n) is 15.0. The van der Waals surface area contributed by atoms with Crippen LogP contribution in [0.4, 0.5) is 0 Å². The highest BCUT2D eigenvalue weighted by molar-refractivity contribution is 6.60. The molecule has 0 spiro atoms. The zero-order chi connectivity index (χ0) is 19.1. The summed E-state index contributed by atoms with van der Waals surface area (Å²) >= 11 is 0. The molecule has 0 amide bonds. The summed E-state index contributed by atoms with van der Waals surface area (Å²) in [6.45, 7) is 0. The fourth-order valence-electron chi connectivity index (χ4n) is 3.73. The Hall–Kier alpha value is -3.34. The lowest BCUT2D eigenvalue weighted by Gasteiger charge is -2.12. The third-order valence-corrected chi connectivity index (χ3v) is 5.13. The van der Waals surface area contributed by atoms with E-state index in [4.69, 9.17) is 4.42 Å². The van der Waals surface area contributed by atoms with Crippen molar-refractivity contribution in [2.75, 3.05) is 0 Å². The van der Waals surface area contributed by atoms with Crippen molar-refractivity contribution >= 4 is 34.5 Å². The number of para-hydroxylation sites is 1. The van der Waals surface area contributed by atoms with Crippen molar-refractivity contribution in [3.63, 3.8) is 0 Å². The molecule has 0 saturated carbocycles. The van der Waals surface area contributed by atoms with Crippen LogP contribution in [-0.2, 0) is 0 Å². The summed E-state index contributed by atoms with van der Waals surface area (Å²) in [7, 11) is -1.53. The fourth-order valence-corrected chi connectivity index (χ4v) is 3.73. The fraction of sp³-hybridized carbons (Fsp3) is 0. The van der Waals surface area contributed by atoms with E-state index in [1.807, 2.05) is 66.7 Å². The number of hydrogen-bond acceptors (Lipinski definition) is 3. The summed E-state index contributed by atoms with van der Waals surface area (Å²) in [5.41, 5.74) is 5.95. The van der Waals surface area contributed by atoms with Crippen molar-refractivity contribution in [1.82, 2.24) is 0 Å². The van der Waals surface area contributed by atoms with Gasteiger partial charge in [-0.1, -0.05) is 66.7 Å². The van der Waals surface area contributed by atoms with E-state index < -0.39 is 7.12 Å². The summed E-state index contributed by atoms with van der Waals surface area (Å²) < 4.78 is 6.01. The Kier molecular flexibility index (Phi) is 4.01. The molecule has 0 aliphatic rings. The summed E-state index contributed by atoms with van der Waals surface area (Å²) in [6, 6.07) is 29.6. The van der Waals surface area contributed by atoms with Crippen molar-refractivity contribution in [3.8, 4) is 22.3 Å². The van der Waals surface area contributed by atoms with Crippen LogP contribution >= 0.6 is 0 Å². The molecule has 0 aliphatic heterocycles. The van der Waals surface area contributed by atoms with E-state index in [0.29, 0.717) is 5.46 Å². The van der Waals surface area contributed by atoms with Gasteiger partial charge in [0.1, 0.15) is 11.2 Å². The molecular formula is C24H17BO3. The van der Waals surface area contributed by atoms with Gasteiger partial charge in [0, 0.05) is 10.8 Å². The third kappa shape index (κ3) is 2.80. The average molecular weight is 364 g/mol. The Bertz CT molecular complexity index is 1290. The van der Waals surface area contributed by atoms with Gasteiger partial charge in [0.2, 0.25) is 0 Å². The maximum atomic E-state index is 9.79. The molecule has 0 aliphatic carbocycles. The zero-order valence-corrected chi connectivity index (χ0v) is 15.0. The highest BCUT2D eigenvalue weighted by Gasteiger charge is 2.18. The van der Waals surface area contributed by atoms with Gasteiger partial charge in [-0.2, -0.15) is 0 Å². The summed E-state index contributed by atoms with van der Waals surface area (Å²) in [5.74, 6) is 0. The quantitative estimate of drug-likeness (QED) is 0.460. The molecule has 5 rings (SSSR count). The second kappa shape index (κ2) is 6.68.